The standard InChI is InChI=1S/C16H26N2O/c1-12(17)14-6-8-16(9-7-14)18(10-11-19-3)13(2)15-4-5-15/h6-9,12-13,15H,4-5,10-11,17H2,1-3H3. The zero-order chi connectivity index (χ0) is 13.8. The molecule has 0 heterocycles. The summed E-state index contributed by atoms with van der Waals surface area (Å²) in [6.07, 6.45) is 2.73. The molecule has 2 unspecified atom stereocenters. The molecule has 0 spiro atoms. The number of hydrogen-bond acceptors (Lipinski definition) is 3. The van der Waals surface area contributed by atoms with E-state index in [1.807, 2.05) is 6.92 Å². The average Bonchev–Trinajstić information content (AvgIpc) is 3.23. The molecule has 1 aliphatic rings. The molecule has 106 valence electrons. The molecule has 3 nitrogen and oxygen atoms in total. The van der Waals surface area contributed by atoms with Crippen LogP contribution in [-0.4, -0.2) is 26.3 Å². The topological polar surface area (TPSA) is 38.5 Å². The van der Waals surface area contributed by atoms with Crippen molar-refractivity contribution in [3.05, 3.63) is 29.8 Å². The minimum atomic E-state index is 0.0994. The predicted octanol–water partition coefficient (Wildman–Crippen LogP) is 2.96. The molecule has 2 rings (SSSR count). The summed E-state index contributed by atoms with van der Waals surface area (Å²) in [4.78, 5) is 2.46. The molecule has 2 atom stereocenters. The molecule has 3 heteroatoms. The molecule has 0 radical (unpaired) electrons. The van der Waals surface area contributed by atoms with E-state index in [4.69, 9.17) is 10.5 Å². The molecule has 0 bridgehead atoms. The molecule has 1 aliphatic carbocycles. The summed E-state index contributed by atoms with van der Waals surface area (Å²) in [7, 11) is 1.76. The molecule has 0 aromatic heterocycles. The molecule has 2 N–H and O–H groups in total. The van der Waals surface area contributed by atoms with Crippen LogP contribution in [0.2, 0.25) is 0 Å². The minimum Gasteiger partial charge on any atom is -0.383 e. The van der Waals surface area contributed by atoms with Crippen LogP contribution < -0.4 is 10.6 Å². The van der Waals surface area contributed by atoms with E-state index in [9.17, 15) is 0 Å². The maximum absolute atomic E-state index is 5.90. The number of nitrogens with two attached hydrogens (primary N) is 1. The molecule has 1 aromatic rings. The average molecular weight is 262 g/mol. The lowest BCUT2D eigenvalue weighted by molar-refractivity contribution is 0.202. The second-order valence-corrected chi connectivity index (χ2v) is 5.64. The lowest BCUT2D eigenvalue weighted by atomic mass is 10.1. The fourth-order valence-electron chi connectivity index (χ4n) is 2.56. The molecular formula is C16H26N2O. The Bertz CT molecular complexity index is 384. The van der Waals surface area contributed by atoms with Gasteiger partial charge in [-0.1, -0.05) is 12.1 Å². The third kappa shape index (κ3) is 3.71. The first-order chi connectivity index (χ1) is 9.13. The van der Waals surface area contributed by atoms with E-state index in [0.717, 1.165) is 19.1 Å². The van der Waals surface area contributed by atoms with Gasteiger partial charge in [0.25, 0.3) is 0 Å². The van der Waals surface area contributed by atoms with Crippen molar-refractivity contribution in [3.8, 4) is 0 Å². The number of benzene rings is 1. The van der Waals surface area contributed by atoms with Gasteiger partial charge in [0.2, 0.25) is 0 Å². The number of ether oxygens (including phenoxy) is 1. The van der Waals surface area contributed by atoms with Crippen molar-refractivity contribution >= 4 is 5.69 Å². The normalized spacial score (nSPS) is 18.1. The smallest absolute Gasteiger partial charge is 0.0637 e. The number of rotatable bonds is 7. The van der Waals surface area contributed by atoms with Crippen LogP contribution in [0, 0.1) is 5.92 Å². The first-order valence-corrected chi connectivity index (χ1v) is 7.24. The van der Waals surface area contributed by atoms with Gasteiger partial charge in [-0.2, -0.15) is 0 Å². The highest BCUT2D eigenvalue weighted by Gasteiger charge is 2.32. The summed E-state index contributed by atoms with van der Waals surface area (Å²) < 4.78 is 5.24. The Labute approximate surface area is 116 Å². The Kier molecular flexibility index (Phi) is 4.83. The molecule has 1 aromatic carbocycles. The van der Waals surface area contributed by atoms with Crippen LogP contribution in [0.5, 0.6) is 0 Å². The molecule has 1 saturated carbocycles. The van der Waals surface area contributed by atoms with Crippen molar-refractivity contribution in [1.82, 2.24) is 0 Å². The summed E-state index contributed by atoms with van der Waals surface area (Å²) >= 11 is 0. The molecule has 19 heavy (non-hydrogen) atoms. The predicted molar refractivity (Wildman–Crippen MR) is 80.5 cm³/mol. The van der Waals surface area contributed by atoms with Crippen LogP contribution in [0.25, 0.3) is 0 Å². The first-order valence-electron chi connectivity index (χ1n) is 7.24. The highest BCUT2D eigenvalue weighted by molar-refractivity contribution is 5.49. The summed E-state index contributed by atoms with van der Waals surface area (Å²) in [5.74, 6) is 0.852. The summed E-state index contributed by atoms with van der Waals surface area (Å²) in [6.45, 7) is 6.06. The lowest BCUT2D eigenvalue weighted by Gasteiger charge is -2.31. The Balaban J connectivity index is 2.11. The molecule has 0 amide bonds. The van der Waals surface area contributed by atoms with Crippen LogP contribution in [0.15, 0.2) is 24.3 Å². The minimum absolute atomic E-state index is 0.0994. The third-order valence-electron chi connectivity index (χ3n) is 4.08. The van der Waals surface area contributed by atoms with Crippen molar-refractivity contribution in [2.75, 3.05) is 25.2 Å². The zero-order valence-electron chi connectivity index (χ0n) is 12.3. The molecular weight excluding hydrogens is 236 g/mol. The van der Waals surface area contributed by atoms with E-state index >= 15 is 0 Å². The molecule has 0 aliphatic heterocycles. The second kappa shape index (κ2) is 6.40. The van der Waals surface area contributed by atoms with Gasteiger partial charge in [-0.15, -0.1) is 0 Å². The summed E-state index contributed by atoms with van der Waals surface area (Å²) in [5.41, 5.74) is 8.37. The number of anilines is 1. The van der Waals surface area contributed by atoms with Crippen LogP contribution >= 0.6 is 0 Å². The van der Waals surface area contributed by atoms with Crippen molar-refractivity contribution in [2.24, 2.45) is 11.7 Å². The van der Waals surface area contributed by atoms with Gasteiger partial charge in [0.1, 0.15) is 0 Å². The Morgan fingerprint density at radius 1 is 1.26 bits per heavy atom. The largest absolute Gasteiger partial charge is 0.383 e. The van der Waals surface area contributed by atoms with Gasteiger partial charge in [-0.05, 0) is 50.3 Å². The Morgan fingerprint density at radius 3 is 2.37 bits per heavy atom. The Morgan fingerprint density at radius 2 is 1.89 bits per heavy atom. The molecule has 1 fully saturated rings. The monoisotopic (exact) mass is 262 g/mol. The van der Waals surface area contributed by atoms with Crippen molar-refractivity contribution in [1.29, 1.82) is 0 Å². The van der Waals surface area contributed by atoms with Crippen molar-refractivity contribution in [3.63, 3.8) is 0 Å². The fourth-order valence-corrected chi connectivity index (χ4v) is 2.56. The van der Waals surface area contributed by atoms with Crippen molar-refractivity contribution in [2.45, 2.75) is 38.8 Å². The lowest BCUT2D eigenvalue weighted by Crippen LogP contribution is -2.37. The van der Waals surface area contributed by atoms with Gasteiger partial charge >= 0.3 is 0 Å². The van der Waals surface area contributed by atoms with E-state index in [-0.39, 0.29) is 6.04 Å². The van der Waals surface area contributed by atoms with E-state index in [2.05, 4.69) is 36.1 Å². The zero-order valence-corrected chi connectivity index (χ0v) is 12.3. The van der Waals surface area contributed by atoms with Gasteiger partial charge < -0.3 is 15.4 Å². The second-order valence-electron chi connectivity index (χ2n) is 5.64. The number of methoxy groups -OCH3 is 1. The van der Waals surface area contributed by atoms with Crippen LogP contribution in [0.4, 0.5) is 5.69 Å². The van der Waals surface area contributed by atoms with Gasteiger partial charge in [-0.3, -0.25) is 0 Å². The van der Waals surface area contributed by atoms with Gasteiger partial charge in [-0.25, -0.2) is 0 Å². The summed E-state index contributed by atoms with van der Waals surface area (Å²) in [5, 5.41) is 0. The summed E-state index contributed by atoms with van der Waals surface area (Å²) in [6, 6.07) is 9.35. The quantitative estimate of drug-likeness (QED) is 0.821. The fraction of sp³-hybridized carbons (Fsp3) is 0.625. The SMILES string of the molecule is COCCN(c1ccc(C(C)N)cc1)C(C)C1CC1. The van der Waals surface area contributed by atoms with E-state index < -0.39 is 0 Å². The highest BCUT2D eigenvalue weighted by Crippen LogP contribution is 2.36. The van der Waals surface area contributed by atoms with E-state index in [1.165, 1.54) is 24.1 Å². The van der Waals surface area contributed by atoms with E-state index in [0.29, 0.717) is 6.04 Å². The van der Waals surface area contributed by atoms with E-state index in [1.54, 1.807) is 7.11 Å². The first kappa shape index (κ1) is 14.4. The van der Waals surface area contributed by atoms with Crippen molar-refractivity contribution < 1.29 is 4.74 Å². The van der Waals surface area contributed by atoms with Crippen LogP contribution in [-0.2, 0) is 4.74 Å². The van der Waals surface area contributed by atoms with Crippen LogP contribution in [0.3, 0.4) is 0 Å². The maximum atomic E-state index is 5.90. The van der Waals surface area contributed by atoms with Crippen LogP contribution in [0.1, 0.15) is 38.3 Å². The maximum Gasteiger partial charge on any atom is 0.0637 e. The van der Waals surface area contributed by atoms with Gasteiger partial charge in [0.15, 0.2) is 0 Å². The Hall–Kier alpha value is -1.06. The van der Waals surface area contributed by atoms with Gasteiger partial charge in [0.05, 0.1) is 6.61 Å². The number of hydrogen-bond donors (Lipinski definition) is 1. The highest BCUT2D eigenvalue weighted by atomic mass is 16.5. The third-order valence-corrected chi connectivity index (χ3v) is 4.08. The number of nitrogens with zero attached hydrogens (tertiary/aromatic N) is 1. The molecule has 0 saturated heterocycles. The van der Waals surface area contributed by atoms with Gasteiger partial charge in [0, 0.05) is 31.4 Å².